The lowest BCUT2D eigenvalue weighted by Crippen LogP contribution is -2.26. The van der Waals surface area contributed by atoms with Gasteiger partial charge in [-0.1, -0.05) is 30.3 Å². The Bertz CT molecular complexity index is 386. The third-order valence-corrected chi connectivity index (χ3v) is 2.39. The summed E-state index contributed by atoms with van der Waals surface area (Å²) in [5.74, 6) is -0.898. The van der Waals surface area contributed by atoms with Gasteiger partial charge < -0.3 is 9.47 Å². The van der Waals surface area contributed by atoms with Crippen LogP contribution in [-0.2, 0) is 25.5 Å². The first-order valence-electron chi connectivity index (χ1n) is 6.03. The molecule has 0 aliphatic heterocycles. The van der Waals surface area contributed by atoms with Crippen molar-refractivity contribution in [3.05, 3.63) is 35.9 Å². The molecule has 98 valence electrons. The Morgan fingerprint density at radius 1 is 1.22 bits per heavy atom. The summed E-state index contributed by atoms with van der Waals surface area (Å²) in [6.45, 7) is 3.50. The third kappa shape index (κ3) is 4.99. The van der Waals surface area contributed by atoms with Gasteiger partial charge in [0, 0.05) is 6.42 Å². The predicted molar refractivity (Wildman–Crippen MR) is 67.0 cm³/mol. The van der Waals surface area contributed by atoms with Crippen LogP contribution in [0.3, 0.4) is 0 Å². The molecule has 18 heavy (non-hydrogen) atoms. The second-order valence-corrected chi connectivity index (χ2v) is 3.87. The van der Waals surface area contributed by atoms with E-state index >= 15 is 0 Å². The molecule has 0 aliphatic carbocycles. The minimum Gasteiger partial charge on any atom is -0.463 e. The predicted octanol–water partition coefficient (Wildman–Crippen LogP) is 2.11. The Kier molecular flexibility index (Phi) is 5.91. The second-order valence-electron chi connectivity index (χ2n) is 3.87. The molecule has 0 unspecified atom stereocenters. The number of rotatable bonds is 6. The summed E-state index contributed by atoms with van der Waals surface area (Å²) < 4.78 is 9.72. The van der Waals surface area contributed by atoms with Crippen LogP contribution in [0.15, 0.2) is 30.3 Å². The van der Waals surface area contributed by atoms with E-state index in [0.29, 0.717) is 6.42 Å². The van der Waals surface area contributed by atoms with E-state index in [1.807, 2.05) is 30.3 Å². The molecular formula is C14H18O4. The molecule has 0 aromatic heterocycles. The fraction of sp³-hybridized carbons (Fsp3) is 0.429. The van der Waals surface area contributed by atoms with E-state index in [0.717, 1.165) is 5.56 Å². The van der Waals surface area contributed by atoms with E-state index in [9.17, 15) is 9.59 Å². The molecular weight excluding hydrogens is 232 g/mol. The van der Waals surface area contributed by atoms with Gasteiger partial charge >= 0.3 is 11.9 Å². The van der Waals surface area contributed by atoms with Gasteiger partial charge in [-0.15, -0.1) is 0 Å². The first-order valence-corrected chi connectivity index (χ1v) is 6.03. The number of hydrogen-bond acceptors (Lipinski definition) is 4. The van der Waals surface area contributed by atoms with Gasteiger partial charge in [-0.25, -0.2) is 4.79 Å². The van der Waals surface area contributed by atoms with Crippen LogP contribution in [0.25, 0.3) is 0 Å². The highest BCUT2D eigenvalue weighted by Gasteiger charge is 2.18. The van der Waals surface area contributed by atoms with Crippen molar-refractivity contribution in [2.75, 3.05) is 6.61 Å². The van der Waals surface area contributed by atoms with Crippen LogP contribution in [0.2, 0.25) is 0 Å². The van der Waals surface area contributed by atoms with Crippen LogP contribution in [0.1, 0.15) is 25.8 Å². The van der Waals surface area contributed by atoms with Crippen LogP contribution in [0, 0.1) is 0 Å². The molecule has 0 amide bonds. The van der Waals surface area contributed by atoms with Crippen molar-refractivity contribution >= 4 is 11.9 Å². The van der Waals surface area contributed by atoms with Crippen LogP contribution in [-0.4, -0.2) is 24.6 Å². The maximum absolute atomic E-state index is 11.5. The van der Waals surface area contributed by atoms with E-state index in [1.165, 1.54) is 6.92 Å². The second kappa shape index (κ2) is 7.48. The topological polar surface area (TPSA) is 52.6 Å². The Hall–Kier alpha value is -1.84. The molecule has 0 saturated carbocycles. The van der Waals surface area contributed by atoms with Crippen molar-refractivity contribution in [1.29, 1.82) is 0 Å². The number of hydrogen-bond donors (Lipinski definition) is 0. The highest BCUT2D eigenvalue weighted by molar-refractivity contribution is 5.79. The lowest BCUT2D eigenvalue weighted by Gasteiger charge is -2.11. The van der Waals surface area contributed by atoms with E-state index in [2.05, 4.69) is 0 Å². The minimum absolute atomic E-state index is 0.258. The summed E-state index contributed by atoms with van der Waals surface area (Å²) in [5, 5.41) is 0. The normalized spacial score (nSPS) is 11.7. The monoisotopic (exact) mass is 250 g/mol. The molecule has 0 heterocycles. The summed E-state index contributed by atoms with van der Waals surface area (Å²) in [6, 6.07) is 9.65. The molecule has 0 saturated heterocycles. The molecule has 0 bridgehead atoms. The zero-order chi connectivity index (χ0) is 13.4. The standard InChI is InChI=1S/C14H18O4/c1-3-17-14(16)11(2)18-13(15)10-9-12-7-5-4-6-8-12/h4-8,11H,3,9-10H2,1-2H3/t11-/m0/s1. The zero-order valence-electron chi connectivity index (χ0n) is 10.7. The van der Waals surface area contributed by atoms with Gasteiger partial charge in [-0.3, -0.25) is 4.79 Å². The van der Waals surface area contributed by atoms with Crippen molar-refractivity contribution in [2.45, 2.75) is 32.8 Å². The molecule has 4 heteroatoms. The van der Waals surface area contributed by atoms with Gasteiger partial charge in [0.25, 0.3) is 0 Å². The SMILES string of the molecule is CCOC(=O)[C@H](C)OC(=O)CCc1ccccc1. The van der Waals surface area contributed by atoms with E-state index < -0.39 is 12.1 Å². The number of aryl methyl sites for hydroxylation is 1. The minimum atomic E-state index is -0.840. The van der Waals surface area contributed by atoms with Crippen LogP contribution in [0.4, 0.5) is 0 Å². The Morgan fingerprint density at radius 2 is 1.89 bits per heavy atom. The van der Waals surface area contributed by atoms with Gasteiger partial charge in [0.2, 0.25) is 0 Å². The summed E-state index contributed by atoms with van der Waals surface area (Å²) in [4.78, 5) is 22.8. The highest BCUT2D eigenvalue weighted by Crippen LogP contribution is 2.05. The van der Waals surface area contributed by atoms with Crippen LogP contribution < -0.4 is 0 Å². The molecule has 1 aromatic carbocycles. The summed E-state index contributed by atoms with van der Waals surface area (Å²) in [6.07, 6.45) is 0.0245. The molecule has 0 spiro atoms. The summed E-state index contributed by atoms with van der Waals surface area (Å²) in [7, 11) is 0. The van der Waals surface area contributed by atoms with Gasteiger partial charge in [-0.05, 0) is 25.8 Å². The van der Waals surface area contributed by atoms with Crippen molar-refractivity contribution in [3.8, 4) is 0 Å². The molecule has 1 atom stereocenters. The van der Waals surface area contributed by atoms with Crippen LogP contribution >= 0.6 is 0 Å². The molecule has 1 rings (SSSR count). The Morgan fingerprint density at radius 3 is 2.50 bits per heavy atom. The lowest BCUT2D eigenvalue weighted by molar-refractivity contribution is -0.166. The Labute approximate surface area is 107 Å². The van der Waals surface area contributed by atoms with E-state index in [1.54, 1.807) is 6.92 Å². The average molecular weight is 250 g/mol. The maximum atomic E-state index is 11.5. The van der Waals surface area contributed by atoms with Crippen molar-refractivity contribution in [2.24, 2.45) is 0 Å². The number of benzene rings is 1. The van der Waals surface area contributed by atoms with Gasteiger partial charge in [0.1, 0.15) is 0 Å². The molecule has 4 nitrogen and oxygen atoms in total. The number of carbonyl (C=O) groups is 2. The molecule has 0 N–H and O–H groups in total. The number of esters is 2. The molecule has 0 aliphatic rings. The van der Waals surface area contributed by atoms with Gasteiger partial charge in [0.15, 0.2) is 6.10 Å². The Balaban J connectivity index is 2.31. The lowest BCUT2D eigenvalue weighted by atomic mass is 10.1. The van der Waals surface area contributed by atoms with Crippen molar-refractivity contribution < 1.29 is 19.1 Å². The fourth-order valence-electron chi connectivity index (χ4n) is 1.45. The van der Waals surface area contributed by atoms with Gasteiger partial charge in [-0.2, -0.15) is 0 Å². The highest BCUT2D eigenvalue weighted by atomic mass is 16.6. The molecule has 0 fully saturated rings. The van der Waals surface area contributed by atoms with E-state index in [-0.39, 0.29) is 19.0 Å². The molecule has 0 radical (unpaired) electrons. The first kappa shape index (κ1) is 14.2. The number of carbonyl (C=O) groups excluding carboxylic acids is 2. The third-order valence-electron chi connectivity index (χ3n) is 2.39. The summed E-state index contributed by atoms with van der Waals surface area (Å²) in [5.41, 5.74) is 1.07. The van der Waals surface area contributed by atoms with Crippen molar-refractivity contribution in [3.63, 3.8) is 0 Å². The van der Waals surface area contributed by atoms with Crippen LogP contribution in [0.5, 0.6) is 0 Å². The smallest absolute Gasteiger partial charge is 0.347 e. The van der Waals surface area contributed by atoms with Gasteiger partial charge in [0.05, 0.1) is 6.61 Å². The quantitative estimate of drug-likeness (QED) is 0.726. The van der Waals surface area contributed by atoms with Crippen molar-refractivity contribution in [1.82, 2.24) is 0 Å². The van der Waals surface area contributed by atoms with E-state index in [4.69, 9.17) is 9.47 Å². The largest absolute Gasteiger partial charge is 0.463 e. The maximum Gasteiger partial charge on any atom is 0.347 e. The first-order chi connectivity index (χ1) is 8.63. The average Bonchev–Trinajstić information content (AvgIpc) is 2.38. The number of ether oxygens (including phenoxy) is 2. The molecule has 1 aromatic rings. The summed E-state index contributed by atoms with van der Waals surface area (Å²) >= 11 is 0. The zero-order valence-corrected chi connectivity index (χ0v) is 10.7. The fourth-order valence-corrected chi connectivity index (χ4v) is 1.45.